The van der Waals surface area contributed by atoms with Crippen molar-refractivity contribution in [3.8, 4) is 0 Å². The zero-order valence-electron chi connectivity index (χ0n) is 20.3. The van der Waals surface area contributed by atoms with E-state index in [0.29, 0.717) is 16.7 Å². The summed E-state index contributed by atoms with van der Waals surface area (Å²) in [5, 5.41) is 4.38. The van der Waals surface area contributed by atoms with Crippen LogP contribution in [0.3, 0.4) is 0 Å². The van der Waals surface area contributed by atoms with Crippen LogP contribution in [0.1, 0.15) is 79.1 Å². The van der Waals surface area contributed by atoms with Crippen LogP contribution in [0.4, 0.5) is 0 Å². The Hall–Kier alpha value is -0.353. The molecule has 0 heterocycles. The fraction of sp³-hybridized carbons (Fsp3) is 0.960. The highest BCUT2D eigenvalue weighted by Gasteiger charge is 2.65. The van der Waals surface area contributed by atoms with Crippen molar-refractivity contribution in [3.05, 3.63) is 0 Å². The van der Waals surface area contributed by atoms with E-state index in [9.17, 15) is 0 Å². The number of nitrogens with zero attached hydrogens (tertiary/aromatic N) is 1. The third kappa shape index (κ3) is 3.26. The lowest BCUT2D eigenvalue weighted by molar-refractivity contribution is -0.147. The lowest BCUT2D eigenvalue weighted by Gasteiger charge is -2.63. The van der Waals surface area contributed by atoms with E-state index in [4.69, 9.17) is 9.26 Å². The van der Waals surface area contributed by atoms with Crippen LogP contribution in [0.25, 0.3) is 0 Å². The molecule has 4 aliphatic rings. The minimum atomic E-state index is -1.56. The van der Waals surface area contributed by atoms with Crippen LogP contribution in [0.2, 0.25) is 19.6 Å². The van der Waals surface area contributed by atoms with E-state index < -0.39 is 8.32 Å². The summed E-state index contributed by atoms with van der Waals surface area (Å²) in [6, 6.07) is 0. The summed E-state index contributed by atoms with van der Waals surface area (Å²) in [6.45, 7) is 17.3. The summed E-state index contributed by atoms with van der Waals surface area (Å²) in [5.41, 5.74) is 2.22. The van der Waals surface area contributed by atoms with Gasteiger partial charge in [0.15, 0.2) is 8.32 Å². The summed E-state index contributed by atoms with van der Waals surface area (Å²) in [5.74, 6) is 4.12. The molecule has 4 aliphatic carbocycles. The highest BCUT2D eigenvalue weighted by Crippen LogP contribution is 2.69. The standard InChI is InChI=1S/C25H45NO2Si/c1-17-15-19(26-27-5)16-18-9-10-20-21-12-14-24(3,28-29(6,7)8)23(21,2)13-11-22(20)25(17,18)4/h17-18,20-22H,9-16H2,1-8H3/b26-19-/t17-,18-,20-,21-,22-,23-,24-,25-/m0/s1. The van der Waals surface area contributed by atoms with Gasteiger partial charge in [0.2, 0.25) is 0 Å². The molecule has 3 nitrogen and oxygen atoms in total. The zero-order valence-corrected chi connectivity index (χ0v) is 21.3. The molecule has 0 spiro atoms. The van der Waals surface area contributed by atoms with Crippen LogP contribution in [0.15, 0.2) is 5.16 Å². The van der Waals surface area contributed by atoms with Crippen LogP contribution in [-0.2, 0) is 9.26 Å². The maximum absolute atomic E-state index is 6.94. The third-order valence-electron chi connectivity index (χ3n) is 10.3. The summed E-state index contributed by atoms with van der Waals surface area (Å²) < 4.78 is 6.94. The van der Waals surface area contributed by atoms with Crippen molar-refractivity contribution >= 4 is 14.0 Å². The van der Waals surface area contributed by atoms with Gasteiger partial charge in [-0.15, -0.1) is 0 Å². The quantitative estimate of drug-likeness (QED) is 0.368. The topological polar surface area (TPSA) is 30.8 Å². The van der Waals surface area contributed by atoms with Crippen molar-refractivity contribution in [1.29, 1.82) is 0 Å². The van der Waals surface area contributed by atoms with Crippen molar-refractivity contribution in [2.45, 2.75) is 104 Å². The van der Waals surface area contributed by atoms with E-state index in [0.717, 1.165) is 36.5 Å². The molecule has 0 aliphatic heterocycles. The number of fused-ring (bicyclic) bond motifs is 5. The van der Waals surface area contributed by atoms with E-state index >= 15 is 0 Å². The molecule has 0 unspecified atom stereocenters. The first-order chi connectivity index (χ1) is 13.4. The predicted molar refractivity (Wildman–Crippen MR) is 124 cm³/mol. The zero-order chi connectivity index (χ0) is 21.2. The Morgan fingerprint density at radius 2 is 1.62 bits per heavy atom. The largest absolute Gasteiger partial charge is 0.412 e. The van der Waals surface area contributed by atoms with Crippen molar-refractivity contribution in [1.82, 2.24) is 0 Å². The van der Waals surface area contributed by atoms with Crippen LogP contribution in [0, 0.1) is 40.4 Å². The highest BCUT2D eigenvalue weighted by molar-refractivity contribution is 6.69. The molecule has 4 saturated carbocycles. The maximum Gasteiger partial charge on any atom is 0.184 e. The molecule has 0 N–H and O–H groups in total. The second-order valence-electron chi connectivity index (χ2n) is 12.6. The van der Waals surface area contributed by atoms with E-state index in [1.807, 2.05) is 0 Å². The number of rotatable bonds is 3. The molecule has 0 aromatic carbocycles. The SMILES string of the molecule is CO/N=C1\C[C@@H]2CC[C@@H]3[C@H](CC[C@@]4(C)[C@H]3CC[C@]4(C)O[Si](C)(C)C)[C@@]2(C)[C@@H](C)C1. The van der Waals surface area contributed by atoms with Gasteiger partial charge in [0.1, 0.15) is 7.11 Å². The predicted octanol–water partition coefficient (Wildman–Crippen LogP) is 6.89. The van der Waals surface area contributed by atoms with Gasteiger partial charge in [-0.2, -0.15) is 0 Å². The fourth-order valence-electron chi connectivity index (χ4n) is 8.77. The summed E-state index contributed by atoms with van der Waals surface area (Å²) in [6.07, 6.45) is 10.5. The van der Waals surface area contributed by atoms with Crippen LogP contribution >= 0.6 is 0 Å². The monoisotopic (exact) mass is 419 g/mol. The lowest BCUT2D eigenvalue weighted by Crippen LogP contribution is -2.59. The first kappa shape index (κ1) is 21.9. The number of oxime groups is 1. The minimum absolute atomic E-state index is 0.0847. The van der Waals surface area contributed by atoms with Crippen LogP contribution < -0.4 is 0 Å². The molecular formula is C25H45NO2Si. The van der Waals surface area contributed by atoms with Gasteiger partial charge in [0, 0.05) is 0 Å². The fourth-order valence-corrected chi connectivity index (χ4v) is 10.5. The Morgan fingerprint density at radius 3 is 2.28 bits per heavy atom. The van der Waals surface area contributed by atoms with Gasteiger partial charge >= 0.3 is 0 Å². The van der Waals surface area contributed by atoms with Gasteiger partial charge in [-0.25, -0.2) is 0 Å². The summed E-state index contributed by atoms with van der Waals surface area (Å²) in [4.78, 5) is 5.16. The highest BCUT2D eigenvalue weighted by atomic mass is 28.4. The Labute approximate surface area is 180 Å². The molecule has 0 aromatic rings. The summed E-state index contributed by atoms with van der Waals surface area (Å²) >= 11 is 0. The molecule has 4 rings (SSSR count). The van der Waals surface area contributed by atoms with Crippen molar-refractivity contribution < 1.29 is 9.26 Å². The van der Waals surface area contributed by atoms with Gasteiger partial charge in [-0.3, -0.25) is 0 Å². The van der Waals surface area contributed by atoms with E-state index in [-0.39, 0.29) is 5.60 Å². The minimum Gasteiger partial charge on any atom is -0.412 e. The molecule has 0 radical (unpaired) electrons. The average Bonchev–Trinajstić information content (AvgIpc) is 2.86. The van der Waals surface area contributed by atoms with E-state index in [1.165, 1.54) is 44.2 Å². The molecule has 166 valence electrons. The van der Waals surface area contributed by atoms with Crippen LogP contribution in [-0.4, -0.2) is 26.7 Å². The number of hydrogen-bond donors (Lipinski definition) is 0. The Balaban J connectivity index is 1.61. The second-order valence-corrected chi connectivity index (χ2v) is 17.0. The molecular weight excluding hydrogens is 374 g/mol. The molecule has 8 atom stereocenters. The van der Waals surface area contributed by atoms with Gasteiger partial charge in [0.05, 0.1) is 11.3 Å². The molecule has 29 heavy (non-hydrogen) atoms. The Kier molecular flexibility index (Phi) is 5.34. The van der Waals surface area contributed by atoms with Gasteiger partial charge in [0.25, 0.3) is 0 Å². The molecule has 0 saturated heterocycles. The number of hydrogen-bond acceptors (Lipinski definition) is 3. The molecule has 4 heteroatoms. The van der Waals surface area contributed by atoms with Gasteiger partial charge in [-0.05, 0) is 118 Å². The normalized spacial score (nSPS) is 51.3. The smallest absolute Gasteiger partial charge is 0.184 e. The maximum atomic E-state index is 6.94. The van der Waals surface area contributed by atoms with Gasteiger partial charge < -0.3 is 9.26 Å². The van der Waals surface area contributed by atoms with Gasteiger partial charge in [-0.1, -0.05) is 25.9 Å². The Morgan fingerprint density at radius 1 is 0.931 bits per heavy atom. The molecule has 0 bridgehead atoms. The first-order valence-corrected chi connectivity index (χ1v) is 15.6. The molecule has 4 fully saturated rings. The van der Waals surface area contributed by atoms with E-state index in [2.05, 4.69) is 52.5 Å². The lowest BCUT2D eigenvalue weighted by atomic mass is 9.42. The third-order valence-corrected chi connectivity index (χ3v) is 11.4. The van der Waals surface area contributed by atoms with Crippen molar-refractivity contribution in [3.63, 3.8) is 0 Å². The summed E-state index contributed by atoms with van der Waals surface area (Å²) in [7, 11) is 0.142. The van der Waals surface area contributed by atoms with E-state index in [1.54, 1.807) is 7.11 Å². The van der Waals surface area contributed by atoms with Crippen molar-refractivity contribution in [2.75, 3.05) is 7.11 Å². The molecule has 0 amide bonds. The Bertz CT molecular complexity index is 672. The van der Waals surface area contributed by atoms with Crippen molar-refractivity contribution in [2.24, 2.45) is 45.6 Å². The first-order valence-electron chi connectivity index (χ1n) is 12.2. The second kappa shape index (κ2) is 7.08. The molecule has 0 aromatic heterocycles. The average molecular weight is 420 g/mol. The van der Waals surface area contributed by atoms with Crippen LogP contribution in [0.5, 0.6) is 0 Å².